The number of rotatable bonds is 10. The van der Waals surface area contributed by atoms with Crippen LogP contribution in [0.25, 0.3) is 0 Å². The lowest BCUT2D eigenvalue weighted by atomic mass is 10.2. The van der Waals surface area contributed by atoms with Gasteiger partial charge in [-0.3, -0.25) is 4.79 Å². The van der Waals surface area contributed by atoms with Crippen molar-refractivity contribution >= 4 is 38.6 Å². The van der Waals surface area contributed by atoms with Crippen LogP contribution in [0.3, 0.4) is 0 Å². The Balaban J connectivity index is 1.82. The van der Waals surface area contributed by atoms with Crippen LogP contribution >= 0.6 is 11.3 Å². The number of anilines is 2. The van der Waals surface area contributed by atoms with E-state index < -0.39 is 15.9 Å². The molecule has 2 aromatic rings. The summed E-state index contributed by atoms with van der Waals surface area (Å²) in [5.41, 5.74) is 1.30. The molecule has 1 aromatic heterocycles. The first-order chi connectivity index (χ1) is 15.4. The molecule has 0 radical (unpaired) electrons. The number of nitrogens with zero attached hydrogens (tertiary/aromatic N) is 2. The monoisotopic (exact) mass is 483 g/mol. The summed E-state index contributed by atoms with van der Waals surface area (Å²) < 4.78 is 43.5. The fourth-order valence-corrected chi connectivity index (χ4v) is 5.61. The number of likely N-dealkylation sites (N-methyl/N-ethyl adjacent to an activating group) is 1. The van der Waals surface area contributed by atoms with Gasteiger partial charge in [-0.05, 0) is 25.3 Å². The fraction of sp³-hybridized carbons (Fsp3) is 0.476. The maximum Gasteiger partial charge on any atom is 0.252 e. The number of carbonyl (C=O) groups is 1. The Bertz CT molecular complexity index is 1000. The molecular formula is C21H29N3O6S2. The number of benzene rings is 1. The second-order valence-corrected chi connectivity index (χ2v) is 10.2. The molecule has 1 amide bonds. The average Bonchev–Trinajstić information content (AvgIpc) is 3.32. The summed E-state index contributed by atoms with van der Waals surface area (Å²) in [7, 11) is -2.34. The summed E-state index contributed by atoms with van der Waals surface area (Å²) in [6, 6.07) is 6.75. The number of morpholine rings is 1. The largest absolute Gasteiger partial charge is 0.492 e. The Kier molecular flexibility index (Phi) is 8.35. The van der Waals surface area contributed by atoms with E-state index in [9.17, 15) is 13.2 Å². The highest BCUT2D eigenvalue weighted by atomic mass is 32.2. The first-order valence-electron chi connectivity index (χ1n) is 10.4. The lowest BCUT2D eigenvalue weighted by molar-refractivity contribution is -0.116. The first-order valence-corrected chi connectivity index (χ1v) is 12.7. The number of thiophene rings is 1. The van der Waals surface area contributed by atoms with E-state index in [1.54, 1.807) is 17.5 Å². The average molecular weight is 484 g/mol. The van der Waals surface area contributed by atoms with Crippen molar-refractivity contribution in [3.8, 4) is 11.5 Å². The number of hydrogen-bond acceptors (Lipinski definition) is 8. The van der Waals surface area contributed by atoms with Crippen molar-refractivity contribution in [2.45, 2.75) is 18.1 Å². The van der Waals surface area contributed by atoms with Gasteiger partial charge in [0.05, 0.1) is 44.3 Å². The molecule has 1 aromatic carbocycles. The van der Waals surface area contributed by atoms with Crippen molar-refractivity contribution in [3.63, 3.8) is 0 Å². The summed E-state index contributed by atoms with van der Waals surface area (Å²) in [6.45, 7) is 6.98. The van der Waals surface area contributed by atoms with Gasteiger partial charge >= 0.3 is 0 Å². The first kappa shape index (κ1) is 24.3. The number of hydrogen-bond donors (Lipinski definition) is 1. The number of sulfonamides is 1. The quantitative estimate of drug-likeness (QED) is 0.555. The highest BCUT2D eigenvalue weighted by molar-refractivity contribution is 7.91. The van der Waals surface area contributed by atoms with E-state index in [0.717, 1.165) is 34.4 Å². The van der Waals surface area contributed by atoms with Crippen molar-refractivity contribution in [1.82, 2.24) is 4.31 Å². The minimum absolute atomic E-state index is 0.191. The Labute approximate surface area is 192 Å². The molecule has 3 rings (SSSR count). The predicted octanol–water partition coefficient (Wildman–Crippen LogP) is 2.64. The van der Waals surface area contributed by atoms with Gasteiger partial charge in [-0.2, -0.15) is 4.31 Å². The van der Waals surface area contributed by atoms with E-state index >= 15 is 0 Å². The summed E-state index contributed by atoms with van der Waals surface area (Å²) >= 11 is 1.11. The summed E-state index contributed by atoms with van der Waals surface area (Å²) in [5, 5.41) is 4.46. The van der Waals surface area contributed by atoms with E-state index in [4.69, 9.17) is 14.2 Å². The van der Waals surface area contributed by atoms with E-state index in [1.807, 2.05) is 19.9 Å². The molecule has 1 aliphatic heterocycles. The Morgan fingerprint density at radius 1 is 1.19 bits per heavy atom. The maximum atomic E-state index is 12.7. The minimum atomic E-state index is -3.72. The summed E-state index contributed by atoms with van der Waals surface area (Å²) in [6.07, 6.45) is 0. The maximum absolute atomic E-state index is 12.7. The molecule has 2 heterocycles. The SMILES string of the molecule is CCOc1cc(N2CCOCC2)c(OCC)cc1NC(=O)CN(C)S(=O)(=O)c1cccs1. The van der Waals surface area contributed by atoms with Crippen molar-refractivity contribution in [2.24, 2.45) is 0 Å². The van der Waals surface area contributed by atoms with Crippen LogP contribution in [0.4, 0.5) is 11.4 Å². The number of nitrogens with one attached hydrogen (secondary N) is 1. The standard InChI is InChI=1S/C21H29N3O6S2/c1-4-29-18-14-17(24-8-10-28-11-9-24)19(30-5-2)13-16(18)22-20(25)15-23(3)32(26,27)21-7-6-12-31-21/h6-7,12-14H,4-5,8-11,15H2,1-3H3,(H,22,25). The van der Waals surface area contributed by atoms with Gasteiger partial charge in [0.2, 0.25) is 5.91 Å². The molecule has 0 unspecified atom stereocenters. The van der Waals surface area contributed by atoms with Gasteiger partial charge in [-0.15, -0.1) is 11.3 Å². The molecule has 0 saturated carbocycles. The number of carbonyl (C=O) groups excluding carboxylic acids is 1. The van der Waals surface area contributed by atoms with Crippen LogP contribution in [0.5, 0.6) is 11.5 Å². The van der Waals surface area contributed by atoms with Crippen LogP contribution in [0.1, 0.15) is 13.8 Å². The van der Waals surface area contributed by atoms with Gasteiger partial charge in [-0.1, -0.05) is 6.07 Å². The zero-order valence-corrected chi connectivity index (χ0v) is 20.1. The van der Waals surface area contributed by atoms with Crippen LogP contribution in [-0.2, 0) is 19.6 Å². The van der Waals surface area contributed by atoms with Gasteiger partial charge in [0.25, 0.3) is 10.0 Å². The molecular weight excluding hydrogens is 454 g/mol. The van der Waals surface area contributed by atoms with E-state index in [2.05, 4.69) is 10.2 Å². The molecule has 1 fully saturated rings. The lowest BCUT2D eigenvalue weighted by Crippen LogP contribution is -2.36. The molecule has 0 atom stereocenters. The fourth-order valence-electron chi connectivity index (χ4n) is 3.29. The molecule has 11 heteroatoms. The second kappa shape index (κ2) is 11.0. The molecule has 1 N–H and O–H groups in total. The lowest BCUT2D eigenvalue weighted by Gasteiger charge is -2.31. The molecule has 9 nitrogen and oxygen atoms in total. The third kappa shape index (κ3) is 5.71. The van der Waals surface area contributed by atoms with Crippen LogP contribution < -0.4 is 19.7 Å². The Morgan fingerprint density at radius 2 is 1.88 bits per heavy atom. The number of amides is 1. The predicted molar refractivity (Wildman–Crippen MR) is 125 cm³/mol. The van der Waals surface area contributed by atoms with Crippen LogP contribution in [0, 0.1) is 0 Å². The van der Waals surface area contributed by atoms with Crippen molar-refractivity contribution in [2.75, 3.05) is 63.3 Å². The zero-order valence-electron chi connectivity index (χ0n) is 18.5. The smallest absolute Gasteiger partial charge is 0.252 e. The molecule has 0 spiro atoms. The van der Waals surface area contributed by atoms with E-state index in [1.165, 1.54) is 13.1 Å². The van der Waals surface area contributed by atoms with Gasteiger partial charge in [0.1, 0.15) is 15.7 Å². The van der Waals surface area contributed by atoms with Gasteiger partial charge in [-0.25, -0.2) is 8.42 Å². The second-order valence-electron chi connectivity index (χ2n) is 7.02. The summed E-state index contributed by atoms with van der Waals surface area (Å²) in [4.78, 5) is 14.9. The molecule has 0 bridgehead atoms. The van der Waals surface area contributed by atoms with E-state index in [0.29, 0.717) is 43.6 Å². The third-order valence-corrected chi connectivity index (χ3v) is 7.99. The Morgan fingerprint density at radius 3 is 2.50 bits per heavy atom. The highest BCUT2D eigenvalue weighted by Gasteiger charge is 2.25. The van der Waals surface area contributed by atoms with E-state index in [-0.39, 0.29) is 10.8 Å². The van der Waals surface area contributed by atoms with Gasteiger partial charge < -0.3 is 24.4 Å². The van der Waals surface area contributed by atoms with Gasteiger partial charge in [0.15, 0.2) is 0 Å². The van der Waals surface area contributed by atoms with Gasteiger partial charge in [0, 0.05) is 32.3 Å². The van der Waals surface area contributed by atoms with Crippen LogP contribution in [0.2, 0.25) is 0 Å². The van der Waals surface area contributed by atoms with Crippen molar-refractivity contribution < 1.29 is 27.4 Å². The van der Waals surface area contributed by atoms with Crippen molar-refractivity contribution in [1.29, 1.82) is 0 Å². The van der Waals surface area contributed by atoms with Crippen molar-refractivity contribution in [3.05, 3.63) is 29.6 Å². The van der Waals surface area contributed by atoms with Crippen LogP contribution in [-0.4, -0.2) is 71.7 Å². The zero-order chi connectivity index (χ0) is 23.1. The molecule has 32 heavy (non-hydrogen) atoms. The number of ether oxygens (including phenoxy) is 3. The minimum Gasteiger partial charge on any atom is -0.492 e. The normalized spacial score (nSPS) is 14.4. The molecule has 176 valence electrons. The van der Waals surface area contributed by atoms with Crippen LogP contribution in [0.15, 0.2) is 33.9 Å². The molecule has 1 aliphatic rings. The molecule has 1 saturated heterocycles. The molecule has 0 aliphatic carbocycles. The third-order valence-electron chi connectivity index (χ3n) is 4.81. The highest BCUT2D eigenvalue weighted by Crippen LogP contribution is 2.39. The summed E-state index contributed by atoms with van der Waals surface area (Å²) in [5.74, 6) is 0.637. The Hall–Kier alpha value is -2.34. The topological polar surface area (TPSA) is 97.4 Å².